The summed E-state index contributed by atoms with van der Waals surface area (Å²) in [6.07, 6.45) is 11.8. The molecule has 0 aliphatic heterocycles. The predicted molar refractivity (Wildman–Crippen MR) is 108 cm³/mol. The van der Waals surface area contributed by atoms with E-state index in [-0.39, 0.29) is 11.5 Å². The van der Waals surface area contributed by atoms with E-state index < -0.39 is 6.16 Å². The zero-order valence-corrected chi connectivity index (χ0v) is 17.2. The fourth-order valence-corrected chi connectivity index (χ4v) is 3.43. The van der Waals surface area contributed by atoms with Crippen LogP contribution in [0.4, 0.5) is 4.79 Å². The first-order chi connectivity index (χ1) is 13.0. The van der Waals surface area contributed by atoms with Crippen LogP contribution in [0.1, 0.15) is 89.2 Å². The highest BCUT2D eigenvalue weighted by molar-refractivity contribution is 5.66. The van der Waals surface area contributed by atoms with E-state index in [1.165, 1.54) is 45.6 Å². The predicted octanol–water partition coefficient (Wildman–Crippen LogP) is 6.48. The molecule has 0 saturated heterocycles. The van der Waals surface area contributed by atoms with Crippen LogP contribution >= 0.6 is 0 Å². The van der Waals surface area contributed by atoms with Crippen molar-refractivity contribution in [2.24, 2.45) is 0 Å². The van der Waals surface area contributed by atoms with E-state index in [9.17, 15) is 9.90 Å². The zero-order chi connectivity index (χ0) is 20.1. The second-order valence-corrected chi connectivity index (χ2v) is 7.09. The molecule has 1 rings (SSSR count). The van der Waals surface area contributed by atoms with E-state index in [0.717, 1.165) is 49.7 Å². The maximum Gasteiger partial charge on any atom is 0.511 e. The van der Waals surface area contributed by atoms with Crippen molar-refractivity contribution >= 4 is 6.16 Å². The first-order valence-corrected chi connectivity index (χ1v) is 10.4. The summed E-state index contributed by atoms with van der Waals surface area (Å²) < 4.78 is 10.2. The van der Waals surface area contributed by atoms with E-state index >= 15 is 0 Å². The molecule has 0 aliphatic carbocycles. The van der Waals surface area contributed by atoms with Gasteiger partial charge in [-0.2, -0.15) is 0 Å². The molecule has 1 aromatic rings. The molecular weight excluding hydrogens is 344 g/mol. The Balaban J connectivity index is 2.98. The van der Waals surface area contributed by atoms with Crippen LogP contribution in [-0.4, -0.2) is 23.5 Å². The van der Waals surface area contributed by atoms with Crippen molar-refractivity contribution < 1.29 is 24.5 Å². The summed E-state index contributed by atoms with van der Waals surface area (Å²) in [5.41, 5.74) is 2.01. The SMILES string of the molecule is CCCCCCCc1cc(OC(=O)O)c(O)c(OC)c1CCCCCCC. The van der Waals surface area contributed by atoms with Crippen LogP contribution in [-0.2, 0) is 12.8 Å². The lowest BCUT2D eigenvalue weighted by atomic mass is 9.94. The Morgan fingerprint density at radius 3 is 2.00 bits per heavy atom. The molecule has 0 bridgehead atoms. The minimum Gasteiger partial charge on any atom is -0.502 e. The number of hydrogen-bond acceptors (Lipinski definition) is 4. The van der Waals surface area contributed by atoms with Crippen LogP contribution in [0.15, 0.2) is 6.07 Å². The van der Waals surface area contributed by atoms with E-state index in [1.807, 2.05) is 0 Å². The monoisotopic (exact) mass is 380 g/mol. The molecule has 0 heterocycles. The van der Waals surface area contributed by atoms with Gasteiger partial charge in [-0.3, -0.25) is 0 Å². The van der Waals surface area contributed by atoms with E-state index in [0.29, 0.717) is 5.75 Å². The second kappa shape index (κ2) is 13.3. The number of carboxylic acid groups (broad SMARTS) is 1. The smallest absolute Gasteiger partial charge is 0.502 e. The van der Waals surface area contributed by atoms with Gasteiger partial charge in [0, 0.05) is 5.56 Å². The van der Waals surface area contributed by atoms with Gasteiger partial charge in [0.15, 0.2) is 11.5 Å². The molecule has 0 unspecified atom stereocenters. The zero-order valence-electron chi connectivity index (χ0n) is 17.2. The third-order valence-corrected chi connectivity index (χ3v) is 4.90. The molecule has 0 saturated carbocycles. The van der Waals surface area contributed by atoms with Gasteiger partial charge in [-0.15, -0.1) is 0 Å². The molecule has 154 valence electrons. The fraction of sp³-hybridized carbons (Fsp3) is 0.682. The molecule has 0 aliphatic rings. The van der Waals surface area contributed by atoms with Crippen molar-refractivity contribution in [1.82, 2.24) is 0 Å². The molecule has 0 spiro atoms. The number of hydrogen-bond donors (Lipinski definition) is 2. The van der Waals surface area contributed by atoms with Crippen molar-refractivity contribution in [3.05, 3.63) is 17.2 Å². The topological polar surface area (TPSA) is 76.0 Å². The van der Waals surface area contributed by atoms with Crippen LogP contribution < -0.4 is 9.47 Å². The third-order valence-electron chi connectivity index (χ3n) is 4.90. The number of aromatic hydroxyl groups is 1. The molecule has 0 fully saturated rings. The Labute approximate surface area is 163 Å². The molecule has 0 amide bonds. The Bertz CT molecular complexity index is 568. The fourth-order valence-electron chi connectivity index (χ4n) is 3.43. The van der Waals surface area contributed by atoms with Gasteiger partial charge in [-0.05, 0) is 37.3 Å². The largest absolute Gasteiger partial charge is 0.511 e. The minimum atomic E-state index is -1.44. The molecule has 27 heavy (non-hydrogen) atoms. The van der Waals surface area contributed by atoms with E-state index in [2.05, 4.69) is 13.8 Å². The van der Waals surface area contributed by atoms with Crippen LogP contribution in [0.3, 0.4) is 0 Å². The van der Waals surface area contributed by atoms with E-state index in [1.54, 1.807) is 6.07 Å². The van der Waals surface area contributed by atoms with Crippen molar-refractivity contribution in [3.8, 4) is 17.2 Å². The average molecular weight is 381 g/mol. The van der Waals surface area contributed by atoms with Gasteiger partial charge in [0.2, 0.25) is 5.75 Å². The molecular formula is C22H36O5. The summed E-state index contributed by atoms with van der Waals surface area (Å²) >= 11 is 0. The Morgan fingerprint density at radius 2 is 1.48 bits per heavy atom. The molecule has 0 radical (unpaired) electrons. The number of ether oxygens (including phenoxy) is 2. The van der Waals surface area contributed by atoms with Crippen LogP contribution in [0.5, 0.6) is 17.2 Å². The summed E-state index contributed by atoms with van der Waals surface area (Å²) in [5.74, 6) is 0.0867. The third kappa shape index (κ3) is 8.10. The number of carbonyl (C=O) groups is 1. The van der Waals surface area contributed by atoms with Crippen molar-refractivity contribution in [3.63, 3.8) is 0 Å². The summed E-state index contributed by atoms with van der Waals surface area (Å²) in [5, 5.41) is 19.3. The van der Waals surface area contributed by atoms with Gasteiger partial charge in [-0.1, -0.05) is 65.2 Å². The average Bonchev–Trinajstić information content (AvgIpc) is 2.64. The highest BCUT2D eigenvalue weighted by atomic mass is 16.7. The minimum absolute atomic E-state index is 0.0439. The molecule has 0 aromatic heterocycles. The number of phenolic OH excluding ortho intramolecular Hbond substituents is 1. The number of unbranched alkanes of at least 4 members (excludes halogenated alkanes) is 8. The number of rotatable bonds is 14. The standard InChI is InChI=1S/C22H36O5/c1-4-6-8-10-12-14-17-16-19(27-22(24)25)20(23)21(26-3)18(17)15-13-11-9-7-5-2/h16,23H,4-15H2,1-3H3,(H,24,25). The lowest BCUT2D eigenvalue weighted by Crippen LogP contribution is -2.07. The summed E-state index contributed by atoms with van der Waals surface area (Å²) in [6.45, 7) is 4.38. The van der Waals surface area contributed by atoms with Crippen LogP contribution in [0.25, 0.3) is 0 Å². The lowest BCUT2D eigenvalue weighted by Gasteiger charge is -2.18. The van der Waals surface area contributed by atoms with Crippen molar-refractivity contribution in [1.29, 1.82) is 0 Å². The van der Waals surface area contributed by atoms with Gasteiger partial charge in [0.05, 0.1) is 7.11 Å². The summed E-state index contributed by atoms with van der Waals surface area (Å²) in [6, 6.07) is 1.67. The number of benzene rings is 1. The van der Waals surface area contributed by atoms with Gasteiger partial charge in [0.1, 0.15) is 0 Å². The van der Waals surface area contributed by atoms with Gasteiger partial charge >= 0.3 is 6.16 Å². The van der Waals surface area contributed by atoms with Gasteiger partial charge in [0.25, 0.3) is 0 Å². The number of aryl methyl sites for hydroxylation is 1. The van der Waals surface area contributed by atoms with Gasteiger partial charge < -0.3 is 19.7 Å². The van der Waals surface area contributed by atoms with Crippen molar-refractivity contribution in [2.45, 2.75) is 90.9 Å². The maximum atomic E-state index is 10.9. The van der Waals surface area contributed by atoms with Gasteiger partial charge in [-0.25, -0.2) is 4.79 Å². The number of methoxy groups -OCH3 is 1. The highest BCUT2D eigenvalue weighted by Gasteiger charge is 2.20. The molecule has 2 N–H and O–H groups in total. The normalized spacial score (nSPS) is 10.8. The molecule has 1 aromatic carbocycles. The second-order valence-electron chi connectivity index (χ2n) is 7.09. The molecule has 0 atom stereocenters. The Hall–Kier alpha value is -1.91. The molecule has 5 nitrogen and oxygen atoms in total. The first-order valence-electron chi connectivity index (χ1n) is 10.4. The van der Waals surface area contributed by atoms with Crippen molar-refractivity contribution in [2.75, 3.05) is 7.11 Å². The first kappa shape index (κ1) is 23.1. The molecule has 5 heteroatoms. The van der Waals surface area contributed by atoms with E-state index in [4.69, 9.17) is 14.6 Å². The maximum absolute atomic E-state index is 10.9. The summed E-state index contributed by atoms with van der Waals surface area (Å²) in [4.78, 5) is 10.9. The Kier molecular flexibility index (Phi) is 11.4. The Morgan fingerprint density at radius 1 is 0.926 bits per heavy atom. The highest BCUT2D eigenvalue weighted by Crippen LogP contribution is 2.42. The van der Waals surface area contributed by atoms with Crippen LogP contribution in [0, 0.1) is 0 Å². The van der Waals surface area contributed by atoms with Crippen LogP contribution in [0.2, 0.25) is 0 Å². The summed E-state index contributed by atoms with van der Waals surface area (Å²) in [7, 11) is 1.51. The number of phenols is 1. The lowest BCUT2D eigenvalue weighted by molar-refractivity contribution is 0.142. The quantitative estimate of drug-likeness (QED) is 0.219.